The lowest BCUT2D eigenvalue weighted by molar-refractivity contribution is -0.116. The molecular weight excluding hydrogens is 328 g/mol. The Bertz CT molecular complexity index is 932. The highest BCUT2D eigenvalue weighted by molar-refractivity contribution is 5.93. The second kappa shape index (κ2) is 7.38. The van der Waals surface area contributed by atoms with Crippen LogP contribution in [0.25, 0.3) is 0 Å². The summed E-state index contributed by atoms with van der Waals surface area (Å²) in [4.78, 5) is 13.4. The predicted molar refractivity (Wildman–Crippen MR) is 94.8 cm³/mol. The fourth-order valence-corrected chi connectivity index (χ4v) is 2.59. The summed E-state index contributed by atoms with van der Waals surface area (Å²) >= 11 is 0. The summed E-state index contributed by atoms with van der Waals surface area (Å²) in [5, 5.41) is 27.7. The molecule has 6 heteroatoms. The Balaban J connectivity index is 2.56. The second-order valence-electron chi connectivity index (χ2n) is 5.98. The molecule has 0 N–H and O–H groups in total. The van der Waals surface area contributed by atoms with Crippen molar-refractivity contribution in [3.8, 4) is 18.2 Å². The zero-order chi connectivity index (χ0) is 19.3. The molecule has 0 bridgehead atoms. The van der Waals surface area contributed by atoms with Crippen molar-refractivity contribution in [2.24, 2.45) is 0 Å². The van der Waals surface area contributed by atoms with Crippen molar-refractivity contribution >= 4 is 11.6 Å². The number of hydrogen-bond acceptors (Lipinski definition) is 5. The van der Waals surface area contributed by atoms with E-state index in [1.54, 1.807) is 50.4 Å². The number of hydrogen-bond donors (Lipinski definition) is 0. The van der Waals surface area contributed by atoms with Crippen LogP contribution in [0.2, 0.25) is 0 Å². The summed E-state index contributed by atoms with van der Waals surface area (Å²) in [6, 6.07) is 14.5. The Morgan fingerprint density at radius 2 is 1.77 bits per heavy atom. The second-order valence-corrected chi connectivity index (χ2v) is 5.98. The Hall–Kier alpha value is -3.82. The molecule has 0 atom stereocenters. The van der Waals surface area contributed by atoms with Crippen LogP contribution in [0.3, 0.4) is 0 Å². The molecule has 128 valence electrons. The quantitative estimate of drug-likeness (QED) is 0.781. The van der Waals surface area contributed by atoms with Crippen molar-refractivity contribution in [3.63, 3.8) is 0 Å². The Kier molecular flexibility index (Phi) is 5.26. The van der Waals surface area contributed by atoms with Gasteiger partial charge in [-0.1, -0.05) is 18.2 Å². The molecule has 0 radical (unpaired) electrons. The minimum atomic E-state index is -0.922. The van der Waals surface area contributed by atoms with E-state index in [2.05, 4.69) is 0 Å². The molecule has 0 unspecified atom stereocenters. The maximum atomic E-state index is 12.0. The molecule has 0 fully saturated rings. The van der Waals surface area contributed by atoms with Crippen LogP contribution in [0.1, 0.15) is 20.8 Å². The predicted octanol–water partition coefficient (Wildman–Crippen LogP) is 3.48. The van der Waals surface area contributed by atoms with Gasteiger partial charge >= 0.3 is 0 Å². The molecule has 1 aliphatic rings. The zero-order valence-electron chi connectivity index (χ0n) is 14.6. The van der Waals surface area contributed by atoms with E-state index in [0.29, 0.717) is 11.3 Å². The van der Waals surface area contributed by atoms with Gasteiger partial charge in [0, 0.05) is 24.4 Å². The fraction of sp³-hybridized carbons (Fsp3) is 0.200. The molecule has 0 aromatic heterocycles. The van der Waals surface area contributed by atoms with Crippen LogP contribution >= 0.6 is 0 Å². The highest BCUT2D eigenvalue weighted by Gasteiger charge is 2.38. The summed E-state index contributed by atoms with van der Waals surface area (Å²) in [7, 11) is 0. The third kappa shape index (κ3) is 3.48. The van der Waals surface area contributed by atoms with Gasteiger partial charge in [-0.3, -0.25) is 9.69 Å². The SMILES string of the molecule is CC(=O)N(C=CC1=C(C#N)C(=C(C#N)C#N)OC1(C)C)c1ccccc1. The number of amides is 1. The molecule has 2 rings (SSSR count). The Labute approximate surface area is 152 Å². The Morgan fingerprint density at radius 1 is 1.15 bits per heavy atom. The van der Waals surface area contributed by atoms with Gasteiger partial charge in [-0.15, -0.1) is 0 Å². The first-order chi connectivity index (χ1) is 12.4. The van der Waals surface area contributed by atoms with E-state index in [1.165, 1.54) is 11.8 Å². The van der Waals surface area contributed by atoms with Gasteiger partial charge in [0.15, 0.2) is 11.3 Å². The van der Waals surface area contributed by atoms with Crippen LogP contribution in [0.5, 0.6) is 0 Å². The molecular formula is C20H16N4O2. The molecule has 1 aromatic carbocycles. The highest BCUT2D eigenvalue weighted by atomic mass is 16.5. The first kappa shape index (κ1) is 18.5. The molecule has 0 saturated heterocycles. The molecule has 1 heterocycles. The molecule has 1 aliphatic heterocycles. The van der Waals surface area contributed by atoms with E-state index in [0.717, 1.165) is 0 Å². The third-order valence-corrected chi connectivity index (χ3v) is 3.83. The van der Waals surface area contributed by atoms with Gasteiger partial charge in [-0.05, 0) is 32.1 Å². The smallest absolute Gasteiger partial charge is 0.227 e. The van der Waals surface area contributed by atoms with Gasteiger partial charge in [0.1, 0.15) is 29.4 Å². The number of ether oxygens (including phenoxy) is 1. The van der Waals surface area contributed by atoms with Gasteiger partial charge in [0.25, 0.3) is 0 Å². The topological polar surface area (TPSA) is 101 Å². The minimum absolute atomic E-state index is 0.0313. The highest BCUT2D eigenvalue weighted by Crippen LogP contribution is 2.40. The van der Waals surface area contributed by atoms with Crippen LogP contribution in [0.15, 0.2) is 65.1 Å². The lowest BCUT2D eigenvalue weighted by atomic mass is 9.95. The average Bonchev–Trinajstić information content (AvgIpc) is 2.87. The van der Waals surface area contributed by atoms with Crippen LogP contribution < -0.4 is 4.90 Å². The maximum Gasteiger partial charge on any atom is 0.227 e. The van der Waals surface area contributed by atoms with Crippen molar-refractivity contribution in [3.05, 3.63) is 65.1 Å². The summed E-state index contributed by atoms with van der Waals surface area (Å²) < 4.78 is 5.69. The minimum Gasteiger partial charge on any atom is -0.480 e. The lowest BCUT2D eigenvalue weighted by Crippen LogP contribution is -2.24. The third-order valence-electron chi connectivity index (χ3n) is 3.83. The standard InChI is InChI=1S/C20H16N4O2/c1-14(25)24(16-7-5-4-6-8-16)10-9-18-17(13-23)19(15(11-21)12-22)26-20(18,2)3/h4-10H,1-3H3. The van der Waals surface area contributed by atoms with Crippen LogP contribution in [0, 0.1) is 34.0 Å². The van der Waals surface area contributed by atoms with E-state index in [4.69, 9.17) is 15.3 Å². The zero-order valence-corrected chi connectivity index (χ0v) is 14.6. The van der Waals surface area contributed by atoms with Gasteiger partial charge in [0.05, 0.1) is 0 Å². The van der Waals surface area contributed by atoms with E-state index >= 15 is 0 Å². The Morgan fingerprint density at radius 3 is 2.27 bits per heavy atom. The van der Waals surface area contributed by atoms with E-state index in [-0.39, 0.29) is 22.8 Å². The monoisotopic (exact) mass is 344 g/mol. The molecule has 1 aromatic rings. The number of para-hydroxylation sites is 1. The van der Waals surface area contributed by atoms with Gasteiger partial charge in [-0.25, -0.2) is 0 Å². The molecule has 0 aliphatic carbocycles. The first-order valence-electron chi connectivity index (χ1n) is 7.77. The van der Waals surface area contributed by atoms with Crippen molar-refractivity contribution in [2.75, 3.05) is 4.90 Å². The summed E-state index contributed by atoms with van der Waals surface area (Å²) in [5.74, 6) is -0.231. The number of nitrogens with zero attached hydrogens (tertiary/aromatic N) is 4. The number of rotatable bonds is 3. The van der Waals surface area contributed by atoms with Crippen LogP contribution in [0.4, 0.5) is 5.69 Å². The van der Waals surface area contributed by atoms with Crippen molar-refractivity contribution < 1.29 is 9.53 Å². The number of allylic oxidation sites excluding steroid dienone is 2. The summed E-state index contributed by atoms with van der Waals surface area (Å²) in [6.07, 6.45) is 3.16. The van der Waals surface area contributed by atoms with Gasteiger partial charge < -0.3 is 4.74 Å². The number of anilines is 1. The number of benzene rings is 1. The number of carbonyl (C=O) groups excluding carboxylic acids is 1. The summed E-state index contributed by atoms with van der Waals surface area (Å²) in [5.41, 5.74) is 0.0952. The average molecular weight is 344 g/mol. The van der Waals surface area contributed by atoms with E-state index in [1.807, 2.05) is 24.3 Å². The molecule has 26 heavy (non-hydrogen) atoms. The fourth-order valence-electron chi connectivity index (χ4n) is 2.59. The maximum absolute atomic E-state index is 12.0. The van der Waals surface area contributed by atoms with Crippen LogP contribution in [-0.2, 0) is 9.53 Å². The van der Waals surface area contributed by atoms with Crippen molar-refractivity contribution in [2.45, 2.75) is 26.4 Å². The normalized spacial score (nSPS) is 15.0. The molecule has 6 nitrogen and oxygen atoms in total. The molecule has 0 saturated carbocycles. The number of nitriles is 3. The van der Waals surface area contributed by atoms with Crippen LogP contribution in [-0.4, -0.2) is 11.5 Å². The molecule has 0 spiro atoms. The van der Waals surface area contributed by atoms with Crippen molar-refractivity contribution in [1.82, 2.24) is 0 Å². The first-order valence-corrected chi connectivity index (χ1v) is 7.77. The largest absolute Gasteiger partial charge is 0.480 e. The van der Waals surface area contributed by atoms with Crippen molar-refractivity contribution in [1.29, 1.82) is 15.8 Å². The van der Waals surface area contributed by atoms with Gasteiger partial charge in [-0.2, -0.15) is 15.8 Å². The van der Waals surface area contributed by atoms with E-state index < -0.39 is 5.60 Å². The van der Waals surface area contributed by atoms with E-state index in [9.17, 15) is 10.1 Å². The molecule has 1 amide bonds. The summed E-state index contributed by atoms with van der Waals surface area (Å²) in [6.45, 7) is 4.88. The number of carbonyl (C=O) groups is 1. The van der Waals surface area contributed by atoms with Gasteiger partial charge in [0.2, 0.25) is 5.91 Å². The lowest BCUT2D eigenvalue weighted by Gasteiger charge is -2.22.